The van der Waals surface area contributed by atoms with E-state index in [0.29, 0.717) is 0 Å². The predicted octanol–water partition coefficient (Wildman–Crippen LogP) is 15.5. The van der Waals surface area contributed by atoms with Gasteiger partial charge in [-0.3, -0.25) is 0 Å². The summed E-state index contributed by atoms with van der Waals surface area (Å²) >= 11 is 0. The first-order chi connectivity index (χ1) is 31.8. The molecule has 0 radical (unpaired) electrons. The van der Waals surface area contributed by atoms with Crippen LogP contribution in [0.15, 0.2) is 218 Å². The van der Waals surface area contributed by atoms with Crippen molar-refractivity contribution in [3.63, 3.8) is 0 Å². The molecular formula is C63H48O2. The van der Waals surface area contributed by atoms with E-state index >= 15 is 0 Å². The predicted molar refractivity (Wildman–Crippen MR) is 268 cm³/mol. The summed E-state index contributed by atoms with van der Waals surface area (Å²) in [4.78, 5) is 0. The maximum atomic E-state index is 10.4. The van der Waals surface area contributed by atoms with E-state index in [1.54, 1.807) is 12.1 Å². The maximum Gasteiger partial charge on any atom is 0.116 e. The molecule has 312 valence electrons. The minimum Gasteiger partial charge on any atom is -0.508 e. The van der Waals surface area contributed by atoms with E-state index in [1.165, 1.54) is 77.9 Å². The first-order valence-corrected chi connectivity index (χ1v) is 22.9. The lowest BCUT2D eigenvalue weighted by Gasteiger charge is -2.49. The van der Waals surface area contributed by atoms with Gasteiger partial charge in [0.25, 0.3) is 0 Å². The number of hydrogen-bond donors (Lipinski definition) is 2. The van der Waals surface area contributed by atoms with E-state index in [2.05, 4.69) is 196 Å². The molecule has 10 aromatic rings. The first kappa shape index (κ1) is 39.0. The van der Waals surface area contributed by atoms with Crippen LogP contribution in [-0.4, -0.2) is 10.2 Å². The van der Waals surface area contributed by atoms with Crippen LogP contribution in [0.2, 0.25) is 0 Å². The molecule has 2 aliphatic rings. The van der Waals surface area contributed by atoms with E-state index in [1.807, 2.05) is 24.3 Å². The Balaban J connectivity index is 1.01. The van der Waals surface area contributed by atoms with Crippen molar-refractivity contribution in [1.82, 2.24) is 0 Å². The third-order valence-electron chi connectivity index (χ3n) is 15.2. The Kier molecular flexibility index (Phi) is 8.80. The summed E-state index contributed by atoms with van der Waals surface area (Å²) in [6.45, 7) is 4.79. The fourth-order valence-electron chi connectivity index (χ4n) is 12.4. The largest absolute Gasteiger partial charge is 0.508 e. The van der Waals surface area contributed by atoms with Crippen LogP contribution in [0.4, 0.5) is 0 Å². The molecule has 0 aliphatic heterocycles. The summed E-state index contributed by atoms with van der Waals surface area (Å²) in [7, 11) is 0. The van der Waals surface area contributed by atoms with Crippen LogP contribution in [0.25, 0.3) is 54.9 Å². The molecule has 2 nitrogen and oxygen atoms in total. The van der Waals surface area contributed by atoms with Gasteiger partial charge in [0.1, 0.15) is 11.5 Å². The number of rotatable bonds is 8. The van der Waals surface area contributed by atoms with Gasteiger partial charge in [0.05, 0.1) is 10.8 Å². The van der Waals surface area contributed by atoms with Crippen molar-refractivity contribution in [2.45, 2.75) is 42.9 Å². The van der Waals surface area contributed by atoms with Gasteiger partial charge in [0.2, 0.25) is 0 Å². The van der Waals surface area contributed by atoms with Crippen molar-refractivity contribution < 1.29 is 10.2 Å². The Hall–Kier alpha value is -7.68. The molecule has 0 saturated heterocycles. The van der Waals surface area contributed by atoms with Gasteiger partial charge in [-0.1, -0.05) is 208 Å². The molecule has 10 aromatic carbocycles. The van der Waals surface area contributed by atoms with Gasteiger partial charge in [-0.2, -0.15) is 0 Å². The molecule has 0 spiro atoms. The molecule has 1 unspecified atom stereocenters. The molecule has 0 amide bonds. The average Bonchev–Trinajstić information content (AvgIpc) is 3.83. The Labute approximate surface area is 380 Å². The molecule has 2 N–H and O–H groups in total. The fraction of sp³-hybridized carbons (Fsp3) is 0.111. The Morgan fingerprint density at radius 3 is 1.31 bits per heavy atom. The number of phenolic OH excluding ortho intramolecular Hbond substituents is 2. The number of hydrogen-bond acceptors (Lipinski definition) is 2. The second-order valence-electron chi connectivity index (χ2n) is 18.4. The summed E-state index contributed by atoms with van der Waals surface area (Å²) in [6.07, 6.45) is 1.98. The van der Waals surface area contributed by atoms with E-state index in [-0.39, 0.29) is 16.9 Å². The Morgan fingerprint density at radius 2 is 0.785 bits per heavy atom. The van der Waals surface area contributed by atoms with Crippen LogP contribution in [0.1, 0.15) is 71.2 Å². The molecule has 2 aliphatic carbocycles. The smallest absolute Gasteiger partial charge is 0.116 e. The van der Waals surface area contributed by atoms with Gasteiger partial charge in [-0.25, -0.2) is 0 Å². The molecule has 0 aromatic heterocycles. The normalized spacial score (nSPS) is 14.9. The second kappa shape index (κ2) is 14.7. The quantitative estimate of drug-likeness (QED) is 0.160. The van der Waals surface area contributed by atoms with Crippen LogP contribution in [-0.2, 0) is 16.2 Å². The van der Waals surface area contributed by atoms with E-state index in [0.717, 1.165) is 34.4 Å². The molecule has 0 bridgehead atoms. The zero-order valence-electron chi connectivity index (χ0n) is 36.6. The van der Waals surface area contributed by atoms with Crippen molar-refractivity contribution in [3.8, 4) is 44.9 Å². The SMILES string of the molecule is CCCC(C)(c1ccc2cc(O)ccc2c1)C1(c2ccc(-c3ccc(C4(c5ccc6cc(O)ccc6c5)c5ccccc5-c5ccccc54)cc3)cc2)c2ccccc2-c2ccccc21. The summed E-state index contributed by atoms with van der Waals surface area (Å²) in [5.74, 6) is 0.559. The van der Waals surface area contributed by atoms with Gasteiger partial charge < -0.3 is 10.2 Å². The standard InChI is InChI=1S/C63H48O2/c1-3-36-61(2,49-32-24-45-39-51(64)34-26-43(45)37-49)63(59-18-10-6-14-55(59)56-15-7-11-19-60(56)63)48-30-22-42(23-31-48)41-20-28-47(29-21-41)62(50-33-25-46-40-52(65)35-27-44(46)38-50)57-16-8-4-12-53(57)54-13-5-9-17-58(54)62/h4-35,37-40,64-65H,3,36H2,1-2H3. The summed E-state index contributed by atoms with van der Waals surface area (Å²) in [5, 5.41) is 24.9. The van der Waals surface area contributed by atoms with Gasteiger partial charge in [0, 0.05) is 5.41 Å². The highest BCUT2D eigenvalue weighted by Crippen LogP contribution is 2.63. The van der Waals surface area contributed by atoms with Gasteiger partial charge >= 0.3 is 0 Å². The number of phenols is 2. The lowest BCUT2D eigenvalue weighted by atomic mass is 9.52. The highest BCUT2D eigenvalue weighted by Gasteiger charge is 2.56. The van der Waals surface area contributed by atoms with Crippen molar-refractivity contribution in [2.75, 3.05) is 0 Å². The third kappa shape index (κ3) is 5.53. The highest BCUT2D eigenvalue weighted by molar-refractivity contribution is 5.91. The van der Waals surface area contributed by atoms with E-state index < -0.39 is 10.8 Å². The first-order valence-electron chi connectivity index (χ1n) is 22.9. The fourth-order valence-corrected chi connectivity index (χ4v) is 12.4. The monoisotopic (exact) mass is 836 g/mol. The number of fused-ring (bicyclic) bond motifs is 8. The Morgan fingerprint density at radius 1 is 0.385 bits per heavy atom. The number of benzene rings is 10. The summed E-state index contributed by atoms with van der Waals surface area (Å²) in [5.41, 5.74) is 16.3. The summed E-state index contributed by atoms with van der Waals surface area (Å²) in [6, 6.07) is 79.5. The minimum absolute atomic E-state index is 0.274. The maximum absolute atomic E-state index is 10.4. The number of aromatic hydroxyl groups is 2. The molecular weight excluding hydrogens is 789 g/mol. The minimum atomic E-state index is -0.538. The summed E-state index contributed by atoms with van der Waals surface area (Å²) < 4.78 is 0. The highest BCUT2D eigenvalue weighted by atomic mass is 16.3. The zero-order chi connectivity index (χ0) is 43.9. The zero-order valence-corrected chi connectivity index (χ0v) is 36.6. The van der Waals surface area contributed by atoms with E-state index in [9.17, 15) is 10.2 Å². The van der Waals surface area contributed by atoms with Crippen LogP contribution >= 0.6 is 0 Å². The van der Waals surface area contributed by atoms with Crippen LogP contribution < -0.4 is 0 Å². The molecule has 12 rings (SSSR count). The van der Waals surface area contributed by atoms with Crippen molar-refractivity contribution in [3.05, 3.63) is 263 Å². The molecule has 65 heavy (non-hydrogen) atoms. The third-order valence-corrected chi connectivity index (χ3v) is 15.2. The van der Waals surface area contributed by atoms with Crippen LogP contribution in [0, 0.1) is 0 Å². The molecule has 0 fully saturated rings. The molecule has 2 heteroatoms. The van der Waals surface area contributed by atoms with E-state index in [4.69, 9.17) is 0 Å². The molecule has 0 heterocycles. The van der Waals surface area contributed by atoms with Crippen molar-refractivity contribution >= 4 is 21.5 Å². The molecule has 0 saturated carbocycles. The lowest BCUT2D eigenvalue weighted by molar-refractivity contribution is 0.305. The van der Waals surface area contributed by atoms with Gasteiger partial charge in [-0.05, 0) is 136 Å². The lowest BCUT2D eigenvalue weighted by Crippen LogP contribution is -2.48. The molecule has 1 atom stereocenters. The van der Waals surface area contributed by atoms with Gasteiger partial charge in [0.15, 0.2) is 0 Å². The topological polar surface area (TPSA) is 40.5 Å². The van der Waals surface area contributed by atoms with Crippen LogP contribution in [0.5, 0.6) is 11.5 Å². The van der Waals surface area contributed by atoms with Crippen LogP contribution in [0.3, 0.4) is 0 Å². The average molecular weight is 837 g/mol. The van der Waals surface area contributed by atoms with Crippen molar-refractivity contribution in [1.29, 1.82) is 0 Å². The Bertz CT molecular complexity index is 3400. The van der Waals surface area contributed by atoms with Crippen molar-refractivity contribution in [2.24, 2.45) is 0 Å². The van der Waals surface area contributed by atoms with Gasteiger partial charge in [-0.15, -0.1) is 0 Å². The second-order valence-corrected chi connectivity index (χ2v) is 18.4.